The summed E-state index contributed by atoms with van der Waals surface area (Å²) in [6, 6.07) is 4.93. The zero-order valence-electron chi connectivity index (χ0n) is 11.9. The highest BCUT2D eigenvalue weighted by atomic mass is 16.6. The molecule has 1 fully saturated rings. The van der Waals surface area contributed by atoms with Crippen LogP contribution >= 0.6 is 0 Å². The summed E-state index contributed by atoms with van der Waals surface area (Å²) < 4.78 is 0. The number of hydrogen-bond donors (Lipinski definition) is 2. The molecule has 114 valence electrons. The molecule has 0 atom stereocenters. The highest BCUT2D eigenvalue weighted by Crippen LogP contribution is 2.31. The molecule has 0 saturated carbocycles. The molecule has 2 rings (SSSR count). The van der Waals surface area contributed by atoms with E-state index in [1.165, 1.54) is 13.0 Å². The van der Waals surface area contributed by atoms with Crippen LogP contribution in [0.2, 0.25) is 0 Å². The number of piperidine rings is 1. The fourth-order valence-electron chi connectivity index (χ4n) is 2.63. The van der Waals surface area contributed by atoms with Gasteiger partial charge >= 0.3 is 0 Å². The zero-order valence-corrected chi connectivity index (χ0v) is 11.9. The highest BCUT2D eigenvalue weighted by molar-refractivity contribution is 5.73. The number of benzene rings is 1. The zero-order chi connectivity index (χ0) is 15.4. The van der Waals surface area contributed by atoms with Crippen LogP contribution in [0.4, 0.5) is 11.4 Å². The van der Waals surface area contributed by atoms with Gasteiger partial charge in [0, 0.05) is 32.1 Å². The van der Waals surface area contributed by atoms with Crippen LogP contribution in [-0.4, -0.2) is 35.1 Å². The maximum Gasteiger partial charge on any atom is 0.292 e. The smallest absolute Gasteiger partial charge is 0.292 e. The van der Waals surface area contributed by atoms with Crippen molar-refractivity contribution < 1.29 is 14.8 Å². The number of hydrogen-bond acceptors (Lipinski definition) is 5. The van der Waals surface area contributed by atoms with E-state index in [0.29, 0.717) is 24.3 Å². The molecule has 0 aromatic heterocycles. The summed E-state index contributed by atoms with van der Waals surface area (Å²) in [5, 5.41) is 23.1. The molecular weight excluding hydrogens is 274 g/mol. The Hall–Kier alpha value is -2.15. The van der Waals surface area contributed by atoms with Crippen LogP contribution in [0, 0.1) is 10.1 Å². The first-order valence-electron chi connectivity index (χ1n) is 6.91. The Bertz CT molecular complexity index is 539. The summed E-state index contributed by atoms with van der Waals surface area (Å²) in [4.78, 5) is 23.8. The second kappa shape index (κ2) is 6.53. The van der Waals surface area contributed by atoms with Crippen LogP contribution in [0.25, 0.3) is 0 Å². The SMILES string of the molecule is CC(=O)NC1CCN(c2ccc(CO)cc2[N+](=O)[O-])CC1. The van der Waals surface area contributed by atoms with Crippen LogP contribution in [0.15, 0.2) is 18.2 Å². The predicted octanol–water partition coefficient (Wildman–Crippen LogP) is 1.19. The number of nitrogens with one attached hydrogen (secondary N) is 1. The third kappa shape index (κ3) is 3.69. The monoisotopic (exact) mass is 293 g/mol. The summed E-state index contributed by atoms with van der Waals surface area (Å²) in [6.45, 7) is 2.59. The van der Waals surface area contributed by atoms with Gasteiger partial charge in [-0.1, -0.05) is 6.07 Å². The molecule has 0 unspecified atom stereocenters. The molecule has 1 aromatic rings. The Morgan fingerprint density at radius 1 is 1.48 bits per heavy atom. The molecule has 1 aromatic carbocycles. The molecule has 0 aliphatic carbocycles. The lowest BCUT2D eigenvalue weighted by Gasteiger charge is -2.33. The lowest BCUT2D eigenvalue weighted by atomic mass is 10.0. The van der Waals surface area contributed by atoms with Gasteiger partial charge in [0.1, 0.15) is 5.69 Å². The average molecular weight is 293 g/mol. The van der Waals surface area contributed by atoms with E-state index in [1.54, 1.807) is 12.1 Å². The van der Waals surface area contributed by atoms with Gasteiger partial charge in [0.2, 0.25) is 5.91 Å². The fraction of sp³-hybridized carbons (Fsp3) is 0.500. The van der Waals surface area contributed by atoms with Crippen LogP contribution in [0.1, 0.15) is 25.3 Å². The summed E-state index contributed by atoms with van der Waals surface area (Å²) in [7, 11) is 0. The Labute approximate surface area is 122 Å². The van der Waals surface area contributed by atoms with Crippen molar-refractivity contribution in [3.05, 3.63) is 33.9 Å². The molecule has 7 nitrogen and oxygen atoms in total. The summed E-state index contributed by atoms with van der Waals surface area (Å²) in [5.74, 6) is -0.0493. The molecular formula is C14H19N3O4. The van der Waals surface area contributed by atoms with Gasteiger partial charge in [0.05, 0.1) is 11.5 Å². The summed E-state index contributed by atoms with van der Waals surface area (Å²) >= 11 is 0. The van der Waals surface area contributed by atoms with Gasteiger partial charge in [0.25, 0.3) is 5.69 Å². The molecule has 7 heteroatoms. The van der Waals surface area contributed by atoms with Crippen molar-refractivity contribution in [3.63, 3.8) is 0 Å². The van der Waals surface area contributed by atoms with Crippen LogP contribution in [0.5, 0.6) is 0 Å². The van der Waals surface area contributed by atoms with Gasteiger partial charge in [-0.2, -0.15) is 0 Å². The standard InChI is InChI=1S/C14H19N3O4/c1-10(19)15-12-4-6-16(7-5-12)13-3-2-11(9-18)8-14(13)17(20)21/h2-3,8,12,18H,4-7,9H2,1H3,(H,15,19). The van der Waals surface area contributed by atoms with Gasteiger partial charge in [-0.3, -0.25) is 14.9 Å². The molecule has 1 saturated heterocycles. The molecule has 0 spiro atoms. The minimum absolute atomic E-state index is 0.0135. The van der Waals surface area contributed by atoms with Crippen molar-refractivity contribution >= 4 is 17.3 Å². The number of anilines is 1. The van der Waals surface area contributed by atoms with Crippen LogP contribution in [0.3, 0.4) is 0 Å². The Balaban J connectivity index is 2.12. The first-order chi connectivity index (χ1) is 10.0. The third-order valence-electron chi connectivity index (χ3n) is 3.66. The van der Waals surface area contributed by atoms with Gasteiger partial charge in [-0.15, -0.1) is 0 Å². The molecule has 0 bridgehead atoms. The highest BCUT2D eigenvalue weighted by Gasteiger charge is 2.25. The average Bonchev–Trinajstić information content (AvgIpc) is 2.47. The minimum atomic E-state index is -0.422. The number of aliphatic hydroxyl groups is 1. The lowest BCUT2D eigenvalue weighted by molar-refractivity contribution is -0.384. The number of carbonyl (C=O) groups excluding carboxylic acids is 1. The van der Waals surface area contributed by atoms with E-state index in [1.807, 2.05) is 4.90 Å². The summed E-state index contributed by atoms with van der Waals surface area (Å²) in [5.41, 5.74) is 1.11. The van der Waals surface area contributed by atoms with Gasteiger partial charge in [-0.05, 0) is 24.5 Å². The van der Waals surface area contributed by atoms with E-state index in [4.69, 9.17) is 5.11 Å². The van der Waals surface area contributed by atoms with E-state index in [2.05, 4.69) is 5.32 Å². The van der Waals surface area contributed by atoms with E-state index >= 15 is 0 Å². The van der Waals surface area contributed by atoms with E-state index < -0.39 is 4.92 Å². The van der Waals surface area contributed by atoms with Crippen LogP contribution < -0.4 is 10.2 Å². The number of rotatable bonds is 4. The van der Waals surface area contributed by atoms with Gasteiger partial charge in [-0.25, -0.2) is 0 Å². The van der Waals surface area contributed by atoms with Crippen molar-refractivity contribution in [1.82, 2.24) is 5.32 Å². The first-order valence-corrected chi connectivity index (χ1v) is 6.91. The quantitative estimate of drug-likeness (QED) is 0.642. The Morgan fingerprint density at radius 3 is 2.67 bits per heavy atom. The molecule has 0 radical (unpaired) electrons. The predicted molar refractivity (Wildman–Crippen MR) is 78.1 cm³/mol. The number of carbonyl (C=O) groups is 1. The lowest BCUT2D eigenvalue weighted by Crippen LogP contribution is -2.44. The number of amides is 1. The second-order valence-electron chi connectivity index (χ2n) is 5.20. The minimum Gasteiger partial charge on any atom is -0.392 e. The van der Waals surface area contributed by atoms with Gasteiger partial charge in [0.15, 0.2) is 0 Å². The first kappa shape index (κ1) is 15.2. The molecule has 1 aliphatic rings. The molecule has 1 amide bonds. The maximum absolute atomic E-state index is 11.2. The molecule has 2 N–H and O–H groups in total. The largest absolute Gasteiger partial charge is 0.392 e. The fourth-order valence-corrected chi connectivity index (χ4v) is 2.63. The number of nitrogens with zero attached hydrogens (tertiary/aromatic N) is 2. The number of nitro groups is 1. The summed E-state index contributed by atoms with van der Waals surface area (Å²) in [6.07, 6.45) is 1.52. The van der Waals surface area contributed by atoms with Crippen molar-refractivity contribution in [1.29, 1.82) is 0 Å². The van der Waals surface area contributed by atoms with Crippen LogP contribution in [-0.2, 0) is 11.4 Å². The molecule has 21 heavy (non-hydrogen) atoms. The second-order valence-corrected chi connectivity index (χ2v) is 5.20. The van der Waals surface area contributed by atoms with Crippen molar-refractivity contribution in [3.8, 4) is 0 Å². The Kier molecular flexibility index (Phi) is 4.74. The van der Waals surface area contributed by atoms with Crippen molar-refractivity contribution in [2.75, 3.05) is 18.0 Å². The van der Waals surface area contributed by atoms with Gasteiger partial charge < -0.3 is 15.3 Å². The topological polar surface area (TPSA) is 95.7 Å². The van der Waals surface area contributed by atoms with E-state index in [0.717, 1.165) is 12.8 Å². The van der Waals surface area contributed by atoms with Crippen molar-refractivity contribution in [2.45, 2.75) is 32.4 Å². The van der Waals surface area contributed by atoms with Crippen molar-refractivity contribution in [2.24, 2.45) is 0 Å². The number of nitro benzene ring substituents is 1. The van der Waals surface area contributed by atoms with E-state index in [-0.39, 0.29) is 24.2 Å². The molecule has 1 heterocycles. The molecule has 1 aliphatic heterocycles. The van der Waals surface area contributed by atoms with E-state index in [9.17, 15) is 14.9 Å². The normalized spacial score (nSPS) is 15.8. The maximum atomic E-state index is 11.2. The number of aliphatic hydroxyl groups excluding tert-OH is 1. The third-order valence-corrected chi connectivity index (χ3v) is 3.66. The Morgan fingerprint density at radius 2 is 2.14 bits per heavy atom.